The highest BCUT2D eigenvalue weighted by Gasteiger charge is 2.39. The van der Waals surface area contributed by atoms with Gasteiger partial charge in [0, 0.05) is 0 Å². The third-order valence-corrected chi connectivity index (χ3v) is 2.75. The number of benzene rings is 1. The van der Waals surface area contributed by atoms with Gasteiger partial charge in [0.2, 0.25) is 0 Å². The molecular formula is C12H13ClF3NO. The Balaban J connectivity index is 2.73. The maximum absolute atomic E-state index is 12.1. The third kappa shape index (κ3) is 3.91. The lowest BCUT2D eigenvalue weighted by atomic mass is 10.0. The van der Waals surface area contributed by atoms with E-state index < -0.39 is 18.1 Å². The molecule has 2 atom stereocenters. The Morgan fingerprint density at radius 1 is 1.17 bits per heavy atom. The summed E-state index contributed by atoms with van der Waals surface area (Å²) in [5.41, 5.74) is 1.46. The number of nitrogens with one attached hydrogen (secondary N) is 1. The maximum atomic E-state index is 12.1. The van der Waals surface area contributed by atoms with Crippen LogP contribution in [0.25, 0.3) is 0 Å². The fourth-order valence-electron chi connectivity index (χ4n) is 1.41. The van der Waals surface area contributed by atoms with Crippen molar-refractivity contribution in [1.29, 1.82) is 0 Å². The zero-order chi connectivity index (χ0) is 13.9. The van der Waals surface area contributed by atoms with E-state index in [4.69, 9.17) is 11.6 Å². The van der Waals surface area contributed by atoms with Gasteiger partial charge in [-0.2, -0.15) is 13.2 Å². The van der Waals surface area contributed by atoms with Crippen LogP contribution < -0.4 is 5.32 Å². The molecule has 0 heterocycles. The number of carbonyl (C=O) groups excluding carboxylic acids is 1. The van der Waals surface area contributed by atoms with Crippen molar-refractivity contribution < 1.29 is 18.0 Å². The number of hydrogen-bond acceptors (Lipinski definition) is 1. The quantitative estimate of drug-likeness (QED) is 0.840. The van der Waals surface area contributed by atoms with Crippen molar-refractivity contribution in [3.63, 3.8) is 0 Å². The summed E-state index contributed by atoms with van der Waals surface area (Å²) < 4.78 is 36.2. The first kappa shape index (κ1) is 14.8. The van der Waals surface area contributed by atoms with Crippen LogP contribution in [0.4, 0.5) is 13.2 Å². The van der Waals surface area contributed by atoms with Crippen molar-refractivity contribution in [2.75, 3.05) is 0 Å². The van der Waals surface area contributed by atoms with Crippen molar-refractivity contribution in [1.82, 2.24) is 5.32 Å². The van der Waals surface area contributed by atoms with Gasteiger partial charge in [0.1, 0.15) is 0 Å². The molecule has 0 aliphatic heterocycles. The zero-order valence-electron chi connectivity index (χ0n) is 9.88. The molecule has 0 aliphatic rings. The molecule has 0 aliphatic carbocycles. The Morgan fingerprint density at radius 3 is 2.00 bits per heavy atom. The second-order valence-electron chi connectivity index (χ2n) is 3.98. The van der Waals surface area contributed by atoms with Crippen LogP contribution in [0.5, 0.6) is 0 Å². The van der Waals surface area contributed by atoms with E-state index in [0.717, 1.165) is 5.56 Å². The fraction of sp³-hybridized carbons (Fsp3) is 0.417. The molecule has 0 spiro atoms. The number of amides is 1. The molecule has 18 heavy (non-hydrogen) atoms. The van der Waals surface area contributed by atoms with Crippen LogP contribution in [-0.4, -0.2) is 12.1 Å². The summed E-state index contributed by atoms with van der Waals surface area (Å²) in [6.07, 6.45) is -4.86. The Kier molecular flexibility index (Phi) is 4.62. The van der Waals surface area contributed by atoms with E-state index in [1.54, 1.807) is 31.2 Å². The highest BCUT2D eigenvalue weighted by Crippen LogP contribution is 2.22. The van der Waals surface area contributed by atoms with Crippen molar-refractivity contribution in [2.24, 2.45) is 0 Å². The average molecular weight is 280 g/mol. The zero-order valence-corrected chi connectivity index (χ0v) is 10.6. The van der Waals surface area contributed by atoms with Gasteiger partial charge in [0.25, 0.3) is 0 Å². The molecule has 1 aromatic carbocycles. The van der Waals surface area contributed by atoms with Gasteiger partial charge >= 0.3 is 12.1 Å². The lowest BCUT2D eigenvalue weighted by Crippen LogP contribution is -2.38. The molecule has 0 aromatic heterocycles. The van der Waals surface area contributed by atoms with Gasteiger partial charge in [-0.15, -0.1) is 11.6 Å². The summed E-state index contributed by atoms with van der Waals surface area (Å²) in [6.45, 7) is 3.29. The van der Waals surface area contributed by atoms with Crippen LogP contribution in [0.2, 0.25) is 0 Å². The molecule has 100 valence electrons. The fourth-order valence-corrected chi connectivity index (χ4v) is 1.56. The minimum absolute atomic E-state index is 0.167. The number of halogens is 4. The SMILES string of the molecule is CC(Cl)c1ccc([C@H](C)NC(=O)C(F)(F)F)cc1. The Hall–Kier alpha value is -1.23. The van der Waals surface area contributed by atoms with Crippen molar-refractivity contribution in [2.45, 2.75) is 31.4 Å². The summed E-state index contributed by atoms with van der Waals surface area (Å²) in [4.78, 5) is 10.8. The Labute approximate surface area is 108 Å². The molecule has 1 unspecified atom stereocenters. The van der Waals surface area contributed by atoms with Gasteiger partial charge in [0.05, 0.1) is 11.4 Å². The van der Waals surface area contributed by atoms with E-state index in [2.05, 4.69) is 0 Å². The van der Waals surface area contributed by atoms with E-state index in [9.17, 15) is 18.0 Å². The standard InChI is InChI=1S/C12H13ClF3NO/c1-7(13)9-3-5-10(6-4-9)8(2)17-11(18)12(14,15)16/h3-8H,1-2H3,(H,17,18)/t7?,8-/m0/s1. The molecule has 1 aromatic rings. The number of alkyl halides is 4. The molecule has 1 N–H and O–H groups in total. The molecule has 0 saturated heterocycles. The van der Waals surface area contributed by atoms with Crippen LogP contribution in [0, 0.1) is 0 Å². The van der Waals surface area contributed by atoms with Crippen LogP contribution in [0.1, 0.15) is 36.4 Å². The molecule has 2 nitrogen and oxygen atoms in total. The Bertz CT molecular complexity index is 414. The van der Waals surface area contributed by atoms with Crippen molar-refractivity contribution >= 4 is 17.5 Å². The van der Waals surface area contributed by atoms with Crippen molar-refractivity contribution in [3.05, 3.63) is 35.4 Å². The Morgan fingerprint density at radius 2 is 1.61 bits per heavy atom. The highest BCUT2D eigenvalue weighted by molar-refractivity contribution is 6.20. The number of hydrogen-bond donors (Lipinski definition) is 1. The van der Waals surface area contributed by atoms with Gasteiger partial charge in [-0.25, -0.2) is 0 Å². The van der Waals surface area contributed by atoms with Crippen molar-refractivity contribution in [3.8, 4) is 0 Å². The second kappa shape index (κ2) is 5.61. The summed E-state index contributed by atoms with van der Waals surface area (Å²) in [7, 11) is 0. The predicted molar refractivity (Wildman–Crippen MR) is 63.3 cm³/mol. The number of carbonyl (C=O) groups is 1. The third-order valence-electron chi connectivity index (χ3n) is 2.50. The lowest BCUT2D eigenvalue weighted by molar-refractivity contribution is -0.174. The minimum Gasteiger partial charge on any atom is -0.342 e. The minimum atomic E-state index is -4.86. The van der Waals surface area contributed by atoms with Gasteiger partial charge in [-0.1, -0.05) is 24.3 Å². The molecule has 0 saturated carbocycles. The molecule has 0 fully saturated rings. The number of rotatable bonds is 3. The van der Waals surface area contributed by atoms with E-state index >= 15 is 0 Å². The summed E-state index contributed by atoms with van der Waals surface area (Å²) in [5, 5.41) is 1.72. The summed E-state index contributed by atoms with van der Waals surface area (Å²) in [5.74, 6) is -1.94. The molecule has 0 radical (unpaired) electrons. The normalized spacial score (nSPS) is 15.0. The molecule has 6 heteroatoms. The van der Waals surface area contributed by atoms with E-state index in [-0.39, 0.29) is 5.38 Å². The molecular weight excluding hydrogens is 267 g/mol. The lowest BCUT2D eigenvalue weighted by Gasteiger charge is -2.16. The predicted octanol–water partition coefficient (Wildman–Crippen LogP) is 3.73. The molecule has 1 rings (SSSR count). The first-order valence-corrected chi connectivity index (χ1v) is 5.77. The van der Waals surface area contributed by atoms with Gasteiger partial charge in [0.15, 0.2) is 0 Å². The first-order valence-electron chi connectivity index (χ1n) is 5.33. The van der Waals surface area contributed by atoms with Gasteiger partial charge in [-0.3, -0.25) is 4.79 Å². The van der Waals surface area contributed by atoms with Gasteiger partial charge in [-0.05, 0) is 25.0 Å². The monoisotopic (exact) mass is 279 g/mol. The smallest absolute Gasteiger partial charge is 0.342 e. The molecule has 1 amide bonds. The van der Waals surface area contributed by atoms with Crippen LogP contribution >= 0.6 is 11.6 Å². The van der Waals surface area contributed by atoms with Crippen LogP contribution in [-0.2, 0) is 4.79 Å². The highest BCUT2D eigenvalue weighted by atomic mass is 35.5. The van der Waals surface area contributed by atoms with Gasteiger partial charge < -0.3 is 5.32 Å². The average Bonchev–Trinajstić information content (AvgIpc) is 2.27. The van der Waals surface area contributed by atoms with Crippen LogP contribution in [0.15, 0.2) is 24.3 Å². The molecule has 0 bridgehead atoms. The maximum Gasteiger partial charge on any atom is 0.471 e. The van der Waals surface area contributed by atoms with E-state index in [1.807, 2.05) is 5.32 Å². The van der Waals surface area contributed by atoms with E-state index in [0.29, 0.717) is 5.56 Å². The first-order chi connectivity index (χ1) is 8.21. The summed E-state index contributed by atoms with van der Waals surface area (Å²) >= 11 is 5.86. The largest absolute Gasteiger partial charge is 0.471 e. The topological polar surface area (TPSA) is 29.1 Å². The van der Waals surface area contributed by atoms with E-state index in [1.165, 1.54) is 6.92 Å². The second-order valence-corrected chi connectivity index (χ2v) is 4.63. The van der Waals surface area contributed by atoms with Crippen LogP contribution in [0.3, 0.4) is 0 Å². The summed E-state index contributed by atoms with van der Waals surface area (Å²) in [6, 6.07) is 6.04.